The molecule has 0 spiro atoms. The lowest BCUT2D eigenvalue weighted by atomic mass is 9.85. The van der Waals surface area contributed by atoms with Crippen molar-refractivity contribution < 1.29 is 5.11 Å². The highest BCUT2D eigenvalue weighted by atomic mass is 35.5. The van der Waals surface area contributed by atoms with Gasteiger partial charge in [0.15, 0.2) is 0 Å². The summed E-state index contributed by atoms with van der Waals surface area (Å²) in [5.41, 5.74) is 0. The third-order valence-corrected chi connectivity index (χ3v) is 4.33. The van der Waals surface area contributed by atoms with E-state index in [2.05, 4.69) is 15.3 Å². The zero-order valence-corrected chi connectivity index (χ0v) is 11.7. The van der Waals surface area contributed by atoms with Crippen LogP contribution in [-0.4, -0.2) is 27.7 Å². The fourth-order valence-corrected chi connectivity index (χ4v) is 3.03. The minimum absolute atomic E-state index is 0.242. The van der Waals surface area contributed by atoms with Gasteiger partial charge in [0.1, 0.15) is 16.8 Å². The molecule has 2 N–H and O–H groups in total. The molecule has 2 saturated carbocycles. The van der Waals surface area contributed by atoms with Gasteiger partial charge in [0.05, 0.1) is 0 Å². The standard InChI is InChI=1S/C14H20ClN3O/c15-12-7-13(18-14(17-12)9-5-6-9)16-11-4-2-1-3-10(11)8-19/h7,9-11,19H,1-6,8H2,(H,16,17,18). The molecule has 1 aromatic rings. The minimum atomic E-state index is 0.242. The second-order valence-electron chi connectivity index (χ2n) is 5.69. The Hall–Kier alpha value is -0.870. The number of hydrogen-bond donors (Lipinski definition) is 2. The number of nitrogens with one attached hydrogen (secondary N) is 1. The molecule has 0 aromatic carbocycles. The number of aliphatic hydroxyl groups is 1. The highest BCUT2D eigenvalue weighted by Gasteiger charge is 2.28. The molecule has 5 heteroatoms. The van der Waals surface area contributed by atoms with Gasteiger partial charge in [0.25, 0.3) is 0 Å². The third kappa shape index (κ3) is 3.18. The molecule has 1 aromatic heterocycles. The second kappa shape index (κ2) is 5.63. The molecule has 2 atom stereocenters. The quantitative estimate of drug-likeness (QED) is 0.833. The first-order valence-corrected chi connectivity index (χ1v) is 7.56. The van der Waals surface area contributed by atoms with Crippen LogP contribution in [0.25, 0.3) is 0 Å². The van der Waals surface area contributed by atoms with Gasteiger partial charge in [-0.2, -0.15) is 0 Å². The normalized spacial score (nSPS) is 27.3. The summed E-state index contributed by atoms with van der Waals surface area (Å²) in [7, 11) is 0. The molecule has 104 valence electrons. The molecule has 2 aliphatic rings. The van der Waals surface area contributed by atoms with Crippen LogP contribution in [0.2, 0.25) is 5.15 Å². The van der Waals surface area contributed by atoms with Crippen LogP contribution in [0.1, 0.15) is 50.3 Å². The van der Waals surface area contributed by atoms with Crippen LogP contribution in [0.3, 0.4) is 0 Å². The first kappa shape index (κ1) is 13.1. The molecular weight excluding hydrogens is 262 g/mol. The molecule has 0 aliphatic heterocycles. The van der Waals surface area contributed by atoms with Crippen LogP contribution in [0.15, 0.2) is 6.07 Å². The predicted octanol–water partition coefficient (Wildman–Crippen LogP) is 2.97. The highest BCUT2D eigenvalue weighted by Crippen LogP contribution is 2.39. The van der Waals surface area contributed by atoms with Gasteiger partial charge in [-0.3, -0.25) is 0 Å². The van der Waals surface area contributed by atoms with Crippen LogP contribution in [0.4, 0.5) is 5.82 Å². The summed E-state index contributed by atoms with van der Waals surface area (Å²) in [4.78, 5) is 8.86. The Morgan fingerprint density at radius 1 is 1.21 bits per heavy atom. The summed E-state index contributed by atoms with van der Waals surface area (Å²) < 4.78 is 0. The Morgan fingerprint density at radius 3 is 2.74 bits per heavy atom. The fraction of sp³-hybridized carbons (Fsp3) is 0.714. The van der Waals surface area contributed by atoms with Crippen LogP contribution < -0.4 is 5.32 Å². The van der Waals surface area contributed by atoms with E-state index in [-0.39, 0.29) is 6.61 Å². The predicted molar refractivity (Wildman–Crippen MR) is 75.5 cm³/mol. The first-order valence-electron chi connectivity index (χ1n) is 7.18. The lowest BCUT2D eigenvalue weighted by Gasteiger charge is -2.31. The average molecular weight is 282 g/mol. The Balaban J connectivity index is 1.74. The van der Waals surface area contributed by atoms with Crippen molar-refractivity contribution in [2.75, 3.05) is 11.9 Å². The number of aromatic nitrogens is 2. The van der Waals surface area contributed by atoms with E-state index in [9.17, 15) is 5.11 Å². The molecule has 1 heterocycles. The summed E-state index contributed by atoms with van der Waals surface area (Å²) in [5.74, 6) is 2.50. The van der Waals surface area contributed by atoms with Gasteiger partial charge < -0.3 is 10.4 Å². The van der Waals surface area contributed by atoms with E-state index < -0.39 is 0 Å². The maximum Gasteiger partial charge on any atom is 0.135 e. The molecule has 3 rings (SSSR count). The second-order valence-corrected chi connectivity index (χ2v) is 6.07. The topological polar surface area (TPSA) is 58.0 Å². The van der Waals surface area contributed by atoms with Gasteiger partial charge in [0, 0.05) is 30.6 Å². The Morgan fingerprint density at radius 2 is 2.00 bits per heavy atom. The number of hydrogen-bond acceptors (Lipinski definition) is 4. The maximum absolute atomic E-state index is 9.45. The Labute approximate surface area is 118 Å². The van der Waals surface area contributed by atoms with Gasteiger partial charge in [-0.05, 0) is 25.7 Å². The van der Waals surface area contributed by atoms with Crippen LogP contribution >= 0.6 is 11.6 Å². The third-order valence-electron chi connectivity index (χ3n) is 4.13. The summed E-state index contributed by atoms with van der Waals surface area (Å²) in [6.45, 7) is 0.242. The van der Waals surface area contributed by atoms with Gasteiger partial charge in [-0.15, -0.1) is 0 Å². The van der Waals surface area contributed by atoms with E-state index in [0.717, 1.165) is 24.5 Å². The van der Waals surface area contributed by atoms with Crippen molar-refractivity contribution in [3.63, 3.8) is 0 Å². The summed E-state index contributed by atoms with van der Waals surface area (Å²) in [5, 5.41) is 13.4. The molecule has 4 nitrogen and oxygen atoms in total. The van der Waals surface area contributed by atoms with Gasteiger partial charge in [0.2, 0.25) is 0 Å². The summed E-state index contributed by atoms with van der Waals surface area (Å²) in [6, 6.07) is 2.09. The number of aliphatic hydroxyl groups excluding tert-OH is 1. The van der Waals surface area contributed by atoms with Gasteiger partial charge >= 0.3 is 0 Å². The molecule has 0 amide bonds. The van der Waals surface area contributed by atoms with Crippen LogP contribution in [0, 0.1) is 5.92 Å². The van der Waals surface area contributed by atoms with E-state index in [4.69, 9.17) is 11.6 Å². The van der Waals surface area contributed by atoms with Crippen molar-refractivity contribution in [1.29, 1.82) is 0 Å². The molecule has 0 saturated heterocycles. The minimum Gasteiger partial charge on any atom is -0.396 e. The SMILES string of the molecule is OCC1CCCCC1Nc1cc(Cl)nc(C2CC2)n1. The molecule has 2 unspecified atom stereocenters. The van der Waals surface area contributed by atoms with Crippen molar-refractivity contribution in [2.24, 2.45) is 5.92 Å². The van der Waals surface area contributed by atoms with Crippen LogP contribution in [-0.2, 0) is 0 Å². The molecule has 0 radical (unpaired) electrons. The van der Waals surface area contributed by atoms with Gasteiger partial charge in [-0.25, -0.2) is 9.97 Å². The van der Waals surface area contributed by atoms with Crippen LogP contribution in [0.5, 0.6) is 0 Å². The van der Waals surface area contributed by atoms with E-state index in [1.807, 2.05) is 0 Å². The van der Waals surface area contributed by atoms with Crippen molar-refractivity contribution in [2.45, 2.75) is 50.5 Å². The van der Waals surface area contributed by atoms with Crippen molar-refractivity contribution >= 4 is 17.4 Å². The maximum atomic E-state index is 9.45. The summed E-state index contributed by atoms with van der Waals surface area (Å²) in [6.07, 6.45) is 6.93. The largest absolute Gasteiger partial charge is 0.396 e. The lowest BCUT2D eigenvalue weighted by Crippen LogP contribution is -2.34. The number of nitrogens with zero attached hydrogens (tertiary/aromatic N) is 2. The Kier molecular flexibility index (Phi) is 3.89. The highest BCUT2D eigenvalue weighted by molar-refractivity contribution is 6.29. The molecule has 2 aliphatic carbocycles. The zero-order valence-electron chi connectivity index (χ0n) is 11.0. The Bertz CT molecular complexity index is 450. The number of halogens is 1. The van der Waals surface area contributed by atoms with Crippen molar-refractivity contribution in [1.82, 2.24) is 9.97 Å². The smallest absolute Gasteiger partial charge is 0.135 e. The monoisotopic (exact) mass is 281 g/mol. The molecule has 0 bridgehead atoms. The fourth-order valence-electron chi connectivity index (χ4n) is 2.84. The average Bonchev–Trinajstić information content (AvgIpc) is 3.23. The molecule has 2 fully saturated rings. The van der Waals surface area contributed by atoms with Crippen molar-refractivity contribution in [3.8, 4) is 0 Å². The first-order chi connectivity index (χ1) is 9.26. The lowest BCUT2D eigenvalue weighted by molar-refractivity contribution is 0.178. The molecule has 19 heavy (non-hydrogen) atoms. The zero-order chi connectivity index (χ0) is 13.2. The van der Waals surface area contributed by atoms with Crippen molar-refractivity contribution in [3.05, 3.63) is 17.0 Å². The number of anilines is 1. The van der Waals surface area contributed by atoms with E-state index >= 15 is 0 Å². The van der Waals surface area contributed by atoms with Gasteiger partial charge in [-0.1, -0.05) is 24.4 Å². The van der Waals surface area contributed by atoms with E-state index in [0.29, 0.717) is 23.0 Å². The summed E-state index contributed by atoms with van der Waals surface area (Å²) >= 11 is 6.07. The molecular formula is C14H20ClN3O. The number of rotatable bonds is 4. The van der Waals surface area contributed by atoms with E-state index in [1.54, 1.807) is 6.07 Å². The van der Waals surface area contributed by atoms with E-state index in [1.165, 1.54) is 25.7 Å².